The first-order valence-corrected chi connectivity index (χ1v) is 3.53. The van der Waals surface area contributed by atoms with Crippen LogP contribution in [0.2, 0.25) is 0 Å². The Morgan fingerprint density at radius 1 is 1.64 bits per heavy atom. The SMILES string of the molecule is C#Cc1ccc(NCC)nc1. The van der Waals surface area contributed by atoms with Crippen LogP contribution in [0.15, 0.2) is 18.3 Å². The molecule has 2 heteroatoms. The number of nitrogens with one attached hydrogen (secondary N) is 1. The summed E-state index contributed by atoms with van der Waals surface area (Å²) in [6.07, 6.45) is 6.84. The molecule has 0 aliphatic rings. The molecule has 11 heavy (non-hydrogen) atoms. The van der Waals surface area contributed by atoms with Gasteiger partial charge < -0.3 is 5.32 Å². The summed E-state index contributed by atoms with van der Waals surface area (Å²) in [5.41, 5.74) is 0.812. The molecular formula is C9H10N2. The second-order valence-electron chi connectivity index (χ2n) is 2.11. The summed E-state index contributed by atoms with van der Waals surface area (Å²) in [7, 11) is 0. The molecule has 0 atom stereocenters. The Balaban J connectivity index is 2.76. The Morgan fingerprint density at radius 2 is 2.45 bits per heavy atom. The molecular weight excluding hydrogens is 136 g/mol. The van der Waals surface area contributed by atoms with Crippen molar-refractivity contribution < 1.29 is 0 Å². The van der Waals surface area contributed by atoms with Crippen molar-refractivity contribution in [3.63, 3.8) is 0 Å². The molecule has 0 aliphatic heterocycles. The highest BCUT2D eigenvalue weighted by Gasteiger charge is 1.89. The zero-order chi connectivity index (χ0) is 8.10. The van der Waals surface area contributed by atoms with Crippen molar-refractivity contribution in [2.45, 2.75) is 6.92 Å². The quantitative estimate of drug-likeness (QED) is 0.639. The molecule has 0 radical (unpaired) electrons. The Bertz CT molecular complexity index is 256. The first kappa shape index (κ1) is 7.62. The molecule has 0 bridgehead atoms. The molecule has 0 saturated heterocycles. The molecule has 1 aromatic rings. The first-order valence-electron chi connectivity index (χ1n) is 3.53. The van der Waals surface area contributed by atoms with Gasteiger partial charge in [-0.2, -0.15) is 0 Å². The van der Waals surface area contributed by atoms with E-state index in [0.29, 0.717) is 0 Å². The number of anilines is 1. The van der Waals surface area contributed by atoms with Crippen LogP contribution in [0, 0.1) is 12.3 Å². The van der Waals surface area contributed by atoms with E-state index in [1.165, 1.54) is 0 Å². The fourth-order valence-electron chi connectivity index (χ4n) is 0.765. The number of hydrogen-bond donors (Lipinski definition) is 1. The predicted molar refractivity (Wildman–Crippen MR) is 46.3 cm³/mol. The maximum Gasteiger partial charge on any atom is 0.125 e. The lowest BCUT2D eigenvalue weighted by molar-refractivity contribution is 1.16. The summed E-state index contributed by atoms with van der Waals surface area (Å²) in [5, 5.41) is 3.08. The van der Waals surface area contributed by atoms with Crippen LogP contribution in [0.1, 0.15) is 12.5 Å². The summed E-state index contributed by atoms with van der Waals surface area (Å²) in [6, 6.07) is 3.74. The van der Waals surface area contributed by atoms with Crippen molar-refractivity contribution in [1.29, 1.82) is 0 Å². The third kappa shape index (κ3) is 1.98. The van der Waals surface area contributed by atoms with E-state index >= 15 is 0 Å². The smallest absolute Gasteiger partial charge is 0.125 e. The number of rotatable bonds is 2. The molecule has 0 spiro atoms. The molecule has 1 aromatic heterocycles. The van der Waals surface area contributed by atoms with Gasteiger partial charge in [-0.3, -0.25) is 0 Å². The van der Waals surface area contributed by atoms with Crippen LogP contribution >= 0.6 is 0 Å². The number of aromatic nitrogens is 1. The molecule has 0 aliphatic carbocycles. The molecule has 2 nitrogen and oxygen atoms in total. The topological polar surface area (TPSA) is 24.9 Å². The summed E-state index contributed by atoms with van der Waals surface area (Å²) in [6.45, 7) is 2.90. The molecule has 56 valence electrons. The van der Waals surface area contributed by atoms with Crippen molar-refractivity contribution in [1.82, 2.24) is 4.98 Å². The van der Waals surface area contributed by atoms with E-state index in [0.717, 1.165) is 17.9 Å². The summed E-state index contributed by atoms with van der Waals surface area (Å²) in [5.74, 6) is 3.37. The highest BCUT2D eigenvalue weighted by molar-refractivity contribution is 5.39. The summed E-state index contributed by atoms with van der Waals surface area (Å²) >= 11 is 0. The zero-order valence-corrected chi connectivity index (χ0v) is 6.46. The van der Waals surface area contributed by atoms with Crippen molar-refractivity contribution >= 4 is 5.82 Å². The van der Waals surface area contributed by atoms with E-state index < -0.39 is 0 Å². The Labute approximate surface area is 66.7 Å². The third-order valence-electron chi connectivity index (χ3n) is 1.29. The number of hydrogen-bond acceptors (Lipinski definition) is 2. The highest BCUT2D eigenvalue weighted by atomic mass is 15.0. The van der Waals surface area contributed by atoms with E-state index in [1.807, 2.05) is 19.1 Å². The maximum absolute atomic E-state index is 5.16. The zero-order valence-electron chi connectivity index (χ0n) is 6.46. The van der Waals surface area contributed by atoms with Crippen LogP contribution in [-0.4, -0.2) is 11.5 Å². The molecule has 1 rings (SSSR count). The molecule has 1 N–H and O–H groups in total. The standard InChI is InChI=1S/C9H10N2/c1-3-8-5-6-9(10-4-2)11-7-8/h1,5-7H,4H2,2H3,(H,10,11). The molecule has 0 amide bonds. The average Bonchev–Trinajstić information content (AvgIpc) is 2.07. The van der Waals surface area contributed by atoms with Crippen LogP contribution in [0.25, 0.3) is 0 Å². The van der Waals surface area contributed by atoms with Gasteiger partial charge in [-0.05, 0) is 19.1 Å². The maximum atomic E-state index is 5.16. The van der Waals surface area contributed by atoms with Crippen LogP contribution in [0.4, 0.5) is 5.82 Å². The minimum Gasteiger partial charge on any atom is -0.370 e. The van der Waals surface area contributed by atoms with Crippen molar-refractivity contribution in [3.8, 4) is 12.3 Å². The van der Waals surface area contributed by atoms with Gasteiger partial charge in [-0.15, -0.1) is 6.42 Å². The predicted octanol–water partition coefficient (Wildman–Crippen LogP) is 1.49. The van der Waals surface area contributed by atoms with Gasteiger partial charge >= 0.3 is 0 Å². The van der Waals surface area contributed by atoms with Gasteiger partial charge in [0.1, 0.15) is 5.82 Å². The lowest BCUT2D eigenvalue weighted by Crippen LogP contribution is -1.98. The Kier molecular flexibility index (Phi) is 2.51. The Hall–Kier alpha value is -1.49. The van der Waals surface area contributed by atoms with Crippen LogP contribution < -0.4 is 5.32 Å². The number of nitrogens with zero attached hydrogens (tertiary/aromatic N) is 1. The summed E-state index contributed by atoms with van der Waals surface area (Å²) in [4.78, 5) is 4.09. The minimum absolute atomic E-state index is 0.812. The molecule has 0 unspecified atom stereocenters. The first-order chi connectivity index (χ1) is 5.36. The van der Waals surface area contributed by atoms with Gasteiger partial charge in [-0.25, -0.2) is 4.98 Å². The lowest BCUT2D eigenvalue weighted by Gasteiger charge is -1.99. The van der Waals surface area contributed by atoms with E-state index in [2.05, 4.69) is 16.2 Å². The fourth-order valence-corrected chi connectivity index (χ4v) is 0.765. The summed E-state index contributed by atoms with van der Waals surface area (Å²) < 4.78 is 0. The number of pyridine rings is 1. The van der Waals surface area contributed by atoms with E-state index in [9.17, 15) is 0 Å². The molecule has 0 fully saturated rings. The molecule has 0 saturated carbocycles. The van der Waals surface area contributed by atoms with Gasteiger partial charge in [-0.1, -0.05) is 5.92 Å². The largest absolute Gasteiger partial charge is 0.370 e. The second-order valence-corrected chi connectivity index (χ2v) is 2.11. The normalized spacial score (nSPS) is 8.73. The fraction of sp³-hybridized carbons (Fsp3) is 0.222. The van der Waals surface area contributed by atoms with E-state index in [-0.39, 0.29) is 0 Å². The van der Waals surface area contributed by atoms with Crippen LogP contribution in [0.3, 0.4) is 0 Å². The number of terminal acetylenes is 1. The van der Waals surface area contributed by atoms with E-state index in [4.69, 9.17) is 6.42 Å². The monoisotopic (exact) mass is 146 g/mol. The van der Waals surface area contributed by atoms with Crippen molar-refractivity contribution in [2.75, 3.05) is 11.9 Å². The van der Waals surface area contributed by atoms with Crippen molar-refractivity contribution in [3.05, 3.63) is 23.9 Å². The second kappa shape index (κ2) is 3.62. The van der Waals surface area contributed by atoms with Gasteiger partial charge in [0.15, 0.2) is 0 Å². The minimum atomic E-state index is 0.812. The van der Waals surface area contributed by atoms with Crippen LogP contribution in [-0.2, 0) is 0 Å². The lowest BCUT2D eigenvalue weighted by atomic mass is 10.3. The highest BCUT2D eigenvalue weighted by Crippen LogP contribution is 2.02. The molecule has 1 heterocycles. The van der Waals surface area contributed by atoms with Gasteiger partial charge in [0, 0.05) is 18.3 Å². The van der Waals surface area contributed by atoms with E-state index in [1.54, 1.807) is 6.20 Å². The van der Waals surface area contributed by atoms with Crippen LogP contribution in [0.5, 0.6) is 0 Å². The molecule has 0 aromatic carbocycles. The Morgan fingerprint density at radius 3 is 2.91 bits per heavy atom. The van der Waals surface area contributed by atoms with Crippen molar-refractivity contribution in [2.24, 2.45) is 0 Å². The third-order valence-corrected chi connectivity index (χ3v) is 1.29. The van der Waals surface area contributed by atoms with Gasteiger partial charge in [0.05, 0.1) is 0 Å². The van der Waals surface area contributed by atoms with Gasteiger partial charge in [0.25, 0.3) is 0 Å². The van der Waals surface area contributed by atoms with Gasteiger partial charge in [0.2, 0.25) is 0 Å². The average molecular weight is 146 g/mol.